The van der Waals surface area contributed by atoms with Crippen molar-refractivity contribution < 1.29 is 19.8 Å². The van der Waals surface area contributed by atoms with E-state index in [1.807, 2.05) is 6.92 Å². The lowest BCUT2D eigenvalue weighted by Gasteiger charge is -2.36. The Morgan fingerprint density at radius 3 is 2.68 bits per heavy atom. The van der Waals surface area contributed by atoms with Gasteiger partial charge in [0, 0.05) is 32.2 Å². The molecule has 2 unspecified atom stereocenters. The van der Waals surface area contributed by atoms with Gasteiger partial charge in [0.05, 0.1) is 5.92 Å². The van der Waals surface area contributed by atoms with Crippen LogP contribution < -0.4 is 5.32 Å². The molecule has 1 aliphatic heterocycles. The molecule has 3 N–H and O–H groups in total. The van der Waals surface area contributed by atoms with Gasteiger partial charge in [0.2, 0.25) is 5.91 Å². The van der Waals surface area contributed by atoms with Crippen molar-refractivity contribution in [2.75, 3.05) is 26.2 Å². The van der Waals surface area contributed by atoms with Gasteiger partial charge in [0.15, 0.2) is 0 Å². The molecule has 1 heterocycles. The molecule has 0 aromatic rings. The normalized spacial score (nSPS) is 23.4. The Morgan fingerprint density at radius 1 is 1.37 bits per heavy atom. The van der Waals surface area contributed by atoms with Gasteiger partial charge in [-0.15, -0.1) is 0 Å². The molecule has 0 spiro atoms. The smallest absolute Gasteiger partial charge is 0.308 e. The summed E-state index contributed by atoms with van der Waals surface area (Å²) in [5.74, 6) is -1.31. The van der Waals surface area contributed by atoms with Crippen LogP contribution in [0.15, 0.2) is 0 Å². The number of carbonyl (C=O) groups excluding carboxylic acids is 1. The number of hydrogen-bond donors (Lipinski definition) is 3. The van der Waals surface area contributed by atoms with E-state index >= 15 is 0 Å². The summed E-state index contributed by atoms with van der Waals surface area (Å²) in [6.45, 7) is 3.57. The number of aliphatic hydroxyl groups excluding tert-OH is 1. The predicted molar refractivity (Wildman–Crippen MR) is 70.7 cm³/mol. The number of nitrogens with zero attached hydrogens (tertiary/aromatic N) is 1. The summed E-state index contributed by atoms with van der Waals surface area (Å²) in [5, 5.41) is 21.1. The maximum absolute atomic E-state index is 11.9. The molecule has 19 heavy (non-hydrogen) atoms. The molecular weight excluding hydrogens is 248 g/mol. The maximum atomic E-state index is 11.9. The third kappa shape index (κ3) is 5.16. The zero-order chi connectivity index (χ0) is 14.3. The zero-order valence-electron chi connectivity index (χ0n) is 11.5. The highest BCUT2D eigenvalue weighted by Gasteiger charge is 2.33. The minimum atomic E-state index is -0.844. The first-order chi connectivity index (χ1) is 9.08. The van der Waals surface area contributed by atoms with Crippen molar-refractivity contribution in [1.82, 2.24) is 10.2 Å². The molecular formula is C13H24N2O4. The van der Waals surface area contributed by atoms with Crippen molar-refractivity contribution in [3.8, 4) is 0 Å². The van der Waals surface area contributed by atoms with Gasteiger partial charge in [-0.25, -0.2) is 0 Å². The van der Waals surface area contributed by atoms with Crippen LogP contribution in [-0.2, 0) is 9.59 Å². The molecule has 1 saturated heterocycles. The summed E-state index contributed by atoms with van der Waals surface area (Å²) in [5.41, 5.74) is 0. The Labute approximate surface area is 113 Å². The van der Waals surface area contributed by atoms with Crippen molar-refractivity contribution in [1.29, 1.82) is 0 Å². The molecule has 0 aliphatic carbocycles. The van der Waals surface area contributed by atoms with Gasteiger partial charge < -0.3 is 20.4 Å². The van der Waals surface area contributed by atoms with Crippen LogP contribution in [0.25, 0.3) is 0 Å². The van der Waals surface area contributed by atoms with E-state index in [0.717, 1.165) is 6.42 Å². The van der Waals surface area contributed by atoms with E-state index in [9.17, 15) is 9.59 Å². The second-order valence-electron chi connectivity index (χ2n) is 5.05. The number of rotatable bonds is 7. The fourth-order valence-corrected chi connectivity index (χ4v) is 2.39. The highest BCUT2D eigenvalue weighted by molar-refractivity contribution is 5.78. The summed E-state index contributed by atoms with van der Waals surface area (Å²) in [6, 6.07) is 0.00204. The Kier molecular flexibility index (Phi) is 6.80. The van der Waals surface area contributed by atoms with Gasteiger partial charge in [-0.2, -0.15) is 0 Å². The lowest BCUT2D eigenvalue weighted by Crippen LogP contribution is -2.53. The standard InChI is InChI=1S/C13H24N2O4/c1-2-4-12(17)15-8-10(13(18)19)7-11(9-15)14-5-3-6-16/h10-11,14,16H,2-9H2,1H3,(H,18,19). The average molecular weight is 272 g/mol. The fourth-order valence-electron chi connectivity index (χ4n) is 2.39. The molecule has 6 nitrogen and oxygen atoms in total. The Morgan fingerprint density at radius 2 is 2.11 bits per heavy atom. The van der Waals surface area contributed by atoms with Crippen molar-refractivity contribution in [3.05, 3.63) is 0 Å². The van der Waals surface area contributed by atoms with E-state index in [-0.39, 0.29) is 18.6 Å². The molecule has 0 bridgehead atoms. The molecule has 6 heteroatoms. The number of amides is 1. The number of carbonyl (C=O) groups is 2. The second kappa shape index (κ2) is 8.12. The summed E-state index contributed by atoms with van der Waals surface area (Å²) >= 11 is 0. The van der Waals surface area contributed by atoms with Crippen LogP contribution in [0.1, 0.15) is 32.6 Å². The van der Waals surface area contributed by atoms with E-state index in [2.05, 4.69) is 5.32 Å². The van der Waals surface area contributed by atoms with Crippen LogP contribution in [0.2, 0.25) is 0 Å². The Balaban J connectivity index is 2.57. The third-order valence-electron chi connectivity index (χ3n) is 3.38. The lowest BCUT2D eigenvalue weighted by atomic mass is 9.94. The van der Waals surface area contributed by atoms with Crippen molar-refractivity contribution in [2.45, 2.75) is 38.6 Å². The topological polar surface area (TPSA) is 89.9 Å². The number of carboxylic acids is 1. The van der Waals surface area contributed by atoms with Crippen LogP contribution in [0, 0.1) is 5.92 Å². The molecule has 0 saturated carbocycles. The number of nitrogens with one attached hydrogen (secondary N) is 1. The van der Waals surface area contributed by atoms with Crippen molar-refractivity contribution in [2.24, 2.45) is 5.92 Å². The van der Waals surface area contributed by atoms with Crippen LogP contribution in [-0.4, -0.2) is 59.3 Å². The quantitative estimate of drug-likeness (QED) is 0.570. The van der Waals surface area contributed by atoms with E-state index in [0.29, 0.717) is 38.9 Å². The number of hydrogen-bond acceptors (Lipinski definition) is 4. The van der Waals surface area contributed by atoms with E-state index in [1.54, 1.807) is 4.90 Å². The summed E-state index contributed by atoms with van der Waals surface area (Å²) < 4.78 is 0. The monoisotopic (exact) mass is 272 g/mol. The highest BCUT2D eigenvalue weighted by atomic mass is 16.4. The molecule has 1 fully saturated rings. The predicted octanol–water partition coefficient (Wildman–Crippen LogP) is 0.0602. The van der Waals surface area contributed by atoms with Gasteiger partial charge in [-0.3, -0.25) is 9.59 Å². The molecule has 2 atom stereocenters. The van der Waals surface area contributed by atoms with Crippen molar-refractivity contribution in [3.63, 3.8) is 0 Å². The second-order valence-corrected chi connectivity index (χ2v) is 5.05. The molecule has 1 aliphatic rings. The number of aliphatic hydroxyl groups is 1. The first-order valence-corrected chi connectivity index (χ1v) is 6.93. The van der Waals surface area contributed by atoms with Gasteiger partial charge >= 0.3 is 5.97 Å². The summed E-state index contributed by atoms with van der Waals surface area (Å²) in [4.78, 5) is 24.7. The van der Waals surface area contributed by atoms with Gasteiger partial charge in [0.1, 0.15) is 0 Å². The average Bonchev–Trinajstić information content (AvgIpc) is 2.39. The number of piperidine rings is 1. The van der Waals surface area contributed by atoms with Crippen LogP contribution in [0.3, 0.4) is 0 Å². The minimum Gasteiger partial charge on any atom is -0.481 e. The summed E-state index contributed by atoms with van der Waals surface area (Å²) in [6.07, 6.45) is 2.42. The lowest BCUT2D eigenvalue weighted by molar-refractivity contribution is -0.146. The van der Waals surface area contributed by atoms with Crippen LogP contribution in [0.4, 0.5) is 0 Å². The molecule has 1 amide bonds. The number of carboxylic acid groups (broad SMARTS) is 1. The largest absolute Gasteiger partial charge is 0.481 e. The third-order valence-corrected chi connectivity index (χ3v) is 3.38. The molecule has 0 radical (unpaired) electrons. The van der Waals surface area contributed by atoms with E-state index in [4.69, 9.17) is 10.2 Å². The first kappa shape index (κ1) is 15.9. The SMILES string of the molecule is CCCC(=O)N1CC(NCCCO)CC(C(=O)O)C1. The van der Waals surface area contributed by atoms with Crippen LogP contribution in [0.5, 0.6) is 0 Å². The molecule has 0 aromatic carbocycles. The first-order valence-electron chi connectivity index (χ1n) is 6.93. The van der Waals surface area contributed by atoms with E-state index < -0.39 is 11.9 Å². The highest BCUT2D eigenvalue weighted by Crippen LogP contribution is 2.18. The number of likely N-dealkylation sites (tertiary alicyclic amines) is 1. The molecule has 1 rings (SSSR count). The zero-order valence-corrected chi connectivity index (χ0v) is 11.5. The number of aliphatic carboxylic acids is 1. The van der Waals surface area contributed by atoms with E-state index in [1.165, 1.54) is 0 Å². The van der Waals surface area contributed by atoms with Gasteiger partial charge in [-0.1, -0.05) is 6.92 Å². The maximum Gasteiger partial charge on any atom is 0.308 e. The molecule has 0 aromatic heterocycles. The Bertz CT molecular complexity index is 309. The fraction of sp³-hybridized carbons (Fsp3) is 0.846. The van der Waals surface area contributed by atoms with Crippen molar-refractivity contribution >= 4 is 11.9 Å². The molecule has 110 valence electrons. The van der Waals surface area contributed by atoms with Gasteiger partial charge in [-0.05, 0) is 25.8 Å². The summed E-state index contributed by atoms with van der Waals surface area (Å²) in [7, 11) is 0. The minimum absolute atomic E-state index is 0.00204. The Hall–Kier alpha value is -1.14. The van der Waals surface area contributed by atoms with Crippen LogP contribution >= 0.6 is 0 Å². The van der Waals surface area contributed by atoms with Gasteiger partial charge in [0.25, 0.3) is 0 Å².